The molecule has 0 radical (unpaired) electrons. The summed E-state index contributed by atoms with van der Waals surface area (Å²) in [7, 11) is 4.63. The van der Waals surface area contributed by atoms with Gasteiger partial charge in [0.15, 0.2) is 0 Å². The van der Waals surface area contributed by atoms with Crippen LogP contribution < -0.4 is 25.1 Å². The predicted molar refractivity (Wildman–Crippen MR) is 107 cm³/mol. The number of pyridine rings is 1. The van der Waals surface area contributed by atoms with Crippen molar-refractivity contribution in [2.45, 2.75) is 6.42 Å². The molecule has 1 amide bonds. The van der Waals surface area contributed by atoms with Gasteiger partial charge in [0.1, 0.15) is 17.2 Å². The second kappa shape index (κ2) is 8.47. The number of rotatable bonds is 7. The summed E-state index contributed by atoms with van der Waals surface area (Å²) in [6, 6.07) is 12.3. The summed E-state index contributed by atoms with van der Waals surface area (Å²) in [6.45, 7) is 0.303. The van der Waals surface area contributed by atoms with Gasteiger partial charge >= 0.3 is 0 Å². The van der Waals surface area contributed by atoms with E-state index >= 15 is 0 Å². The Kier molecular flexibility index (Phi) is 5.84. The number of hydrogen-bond acceptors (Lipinski definition) is 5. The Balaban J connectivity index is 1.80. The molecule has 0 saturated heterocycles. The number of ether oxygens (including phenoxy) is 3. The van der Waals surface area contributed by atoms with Crippen LogP contribution in [-0.2, 0) is 6.42 Å². The first-order valence-electron chi connectivity index (χ1n) is 8.77. The maximum atomic E-state index is 12.5. The van der Waals surface area contributed by atoms with Gasteiger partial charge in [0.05, 0.1) is 32.4 Å². The largest absolute Gasteiger partial charge is 0.496 e. The van der Waals surface area contributed by atoms with Crippen molar-refractivity contribution in [2.75, 3.05) is 27.9 Å². The molecule has 0 bridgehead atoms. The molecule has 7 nitrogen and oxygen atoms in total. The van der Waals surface area contributed by atoms with Gasteiger partial charge in [-0.05, 0) is 36.8 Å². The van der Waals surface area contributed by atoms with Gasteiger partial charge in [-0.3, -0.25) is 9.59 Å². The molecule has 3 rings (SSSR count). The minimum atomic E-state index is -0.256. The van der Waals surface area contributed by atoms with Gasteiger partial charge < -0.3 is 24.5 Å². The van der Waals surface area contributed by atoms with E-state index in [9.17, 15) is 9.59 Å². The van der Waals surface area contributed by atoms with E-state index < -0.39 is 0 Å². The Morgan fingerprint density at radius 1 is 0.964 bits per heavy atom. The number of methoxy groups -OCH3 is 3. The predicted octanol–water partition coefficient (Wildman–Crippen LogP) is 2.53. The number of nitrogens with one attached hydrogen (secondary N) is 2. The molecule has 146 valence electrons. The quantitative estimate of drug-likeness (QED) is 0.655. The van der Waals surface area contributed by atoms with Crippen molar-refractivity contribution < 1.29 is 19.0 Å². The Labute approximate surface area is 162 Å². The zero-order chi connectivity index (χ0) is 20.1. The van der Waals surface area contributed by atoms with Gasteiger partial charge in [0, 0.05) is 17.5 Å². The summed E-state index contributed by atoms with van der Waals surface area (Å²) in [6.07, 6.45) is 0.368. The first-order valence-corrected chi connectivity index (χ1v) is 8.77. The van der Waals surface area contributed by atoms with Crippen LogP contribution in [0, 0.1) is 0 Å². The highest BCUT2D eigenvalue weighted by Gasteiger charge is 2.13. The second-order valence-corrected chi connectivity index (χ2v) is 6.09. The molecule has 1 aromatic heterocycles. The van der Waals surface area contributed by atoms with Crippen molar-refractivity contribution in [2.24, 2.45) is 0 Å². The fourth-order valence-electron chi connectivity index (χ4n) is 3.06. The average molecular weight is 382 g/mol. The lowest BCUT2D eigenvalue weighted by Gasteiger charge is -2.12. The average Bonchev–Trinajstić information content (AvgIpc) is 2.73. The van der Waals surface area contributed by atoms with Crippen LogP contribution >= 0.6 is 0 Å². The third-order valence-corrected chi connectivity index (χ3v) is 4.49. The normalized spacial score (nSPS) is 10.5. The number of benzene rings is 2. The van der Waals surface area contributed by atoms with E-state index in [0.29, 0.717) is 46.9 Å². The molecule has 0 spiro atoms. The number of carbonyl (C=O) groups is 1. The highest BCUT2D eigenvalue weighted by molar-refractivity contribution is 5.97. The monoisotopic (exact) mass is 382 g/mol. The lowest BCUT2D eigenvalue weighted by atomic mass is 10.1. The van der Waals surface area contributed by atoms with Crippen LogP contribution in [0.4, 0.5) is 0 Å². The standard InChI is InChI=1S/C21H22N2O5/c1-26-16-7-5-4-6-14(16)21(25)22-11-10-13-12-15-17(27-2)8-9-18(28-3)19(15)23-20(13)24/h4-9,12H,10-11H2,1-3H3,(H,22,25)(H,23,24). The third-order valence-electron chi connectivity index (χ3n) is 4.49. The van der Waals surface area contributed by atoms with E-state index in [0.717, 1.165) is 5.39 Å². The molecule has 0 unspecified atom stereocenters. The van der Waals surface area contributed by atoms with E-state index in [4.69, 9.17) is 14.2 Å². The minimum Gasteiger partial charge on any atom is -0.496 e. The lowest BCUT2D eigenvalue weighted by Crippen LogP contribution is -2.27. The number of aromatic nitrogens is 1. The van der Waals surface area contributed by atoms with Crippen LogP contribution in [0.5, 0.6) is 17.2 Å². The summed E-state index contributed by atoms with van der Waals surface area (Å²) in [5.74, 6) is 1.43. The van der Waals surface area contributed by atoms with Gasteiger partial charge in [0.2, 0.25) is 0 Å². The molecule has 3 aromatic rings. The molecule has 2 N–H and O–H groups in total. The van der Waals surface area contributed by atoms with E-state index in [2.05, 4.69) is 10.3 Å². The molecule has 0 fully saturated rings. The molecular formula is C21H22N2O5. The zero-order valence-electron chi connectivity index (χ0n) is 16.0. The van der Waals surface area contributed by atoms with E-state index in [1.54, 1.807) is 56.7 Å². The molecule has 0 atom stereocenters. The summed E-state index contributed by atoms with van der Waals surface area (Å²) >= 11 is 0. The number of carbonyl (C=O) groups excluding carboxylic acids is 1. The van der Waals surface area contributed by atoms with Gasteiger partial charge in [-0.1, -0.05) is 12.1 Å². The molecule has 1 heterocycles. The molecule has 28 heavy (non-hydrogen) atoms. The number of para-hydroxylation sites is 1. The number of H-pyrrole nitrogens is 1. The van der Waals surface area contributed by atoms with Crippen LogP contribution in [0.3, 0.4) is 0 Å². The van der Waals surface area contributed by atoms with Crippen molar-refractivity contribution in [3.63, 3.8) is 0 Å². The van der Waals surface area contributed by atoms with E-state index in [-0.39, 0.29) is 11.5 Å². The van der Waals surface area contributed by atoms with Crippen molar-refractivity contribution >= 4 is 16.8 Å². The molecule has 0 aliphatic carbocycles. The molecule has 0 aliphatic heterocycles. The van der Waals surface area contributed by atoms with Crippen LogP contribution in [0.25, 0.3) is 10.9 Å². The Morgan fingerprint density at radius 3 is 2.36 bits per heavy atom. The smallest absolute Gasteiger partial charge is 0.255 e. The Hall–Kier alpha value is -3.48. The Bertz CT molecular complexity index is 1060. The fraction of sp³-hybridized carbons (Fsp3) is 0.238. The van der Waals surface area contributed by atoms with Crippen molar-refractivity contribution in [1.29, 1.82) is 0 Å². The maximum Gasteiger partial charge on any atom is 0.255 e. The molecular weight excluding hydrogens is 360 g/mol. The zero-order valence-corrected chi connectivity index (χ0v) is 16.0. The minimum absolute atomic E-state index is 0.231. The summed E-state index contributed by atoms with van der Waals surface area (Å²) in [4.78, 5) is 27.7. The van der Waals surface area contributed by atoms with Gasteiger partial charge in [-0.15, -0.1) is 0 Å². The molecule has 0 aliphatic rings. The fourth-order valence-corrected chi connectivity index (χ4v) is 3.06. The van der Waals surface area contributed by atoms with Gasteiger partial charge in [-0.2, -0.15) is 0 Å². The summed E-state index contributed by atoms with van der Waals surface area (Å²) < 4.78 is 15.9. The van der Waals surface area contributed by atoms with Crippen molar-refractivity contribution in [3.05, 3.63) is 63.9 Å². The number of hydrogen-bond donors (Lipinski definition) is 2. The summed E-state index contributed by atoms with van der Waals surface area (Å²) in [5.41, 5.74) is 1.34. The lowest BCUT2D eigenvalue weighted by molar-refractivity contribution is 0.0951. The van der Waals surface area contributed by atoms with Crippen molar-refractivity contribution in [1.82, 2.24) is 10.3 Å². The molecule has 7 heteroatoms. The van der Waals surface area contributed by atoms with Crippen molar-refractivity contribution in [3.8, 4) is 17.2 Å². The highest BCUT2D eigenvalue weighted by Crippen LogP contribution is 2.31. The second-order valence-electron chi connectivity index (χ2n) is 6.09. The molecule has 2 aromatic carbocycles. The number of amides is 1. The topological polar surface area (TPSA) is 89.7 Å². The number of aromatic amines is 1. The van der Waals surface area contributed by atoms with E-state index in [1.807, 2.05) is 0 Å². The van der Waals surface area contributed by atoms with E-state index in [1.165, 1.54) is 7.11 Å². The van der Waals surface area contributed by atoms with Crippen LogP contribution in [0.2, 0.25) is 0 Å². The maximum absolute atomic E-state index is 12.5. The van der Waals surface area contributed by atoms with Crippen LogP contribution in [-0.4, -0.2) is 38.8 Å². The van der Waals surface area contributed by atoms with Gasteiger partial charge in [0.25, 0.3) is 11.5 Å². The van der Waals surface area contributed by atoms with Gasteiger partial charge in [-0.25, -0.2) is 0 Å². The SMILES string of the molecule is COc1ccccc1C(=O)NCCc1cc2c(OC)ccc(OC)c2[nH]c1=O. The molecule has 0 saturated carbocycles. The summed E-state index contributed by atoms with van der Waals surface area (Å²) in [5, 5.41) is 3.56. The first kappa shape index (κ1) is 19.3. The Morgan fingerprint density at radius 2 is 1.64 bits per heavy atom. The highest BCUT2D eigenvalue weighted by atomic mass is 16.5. The third kappa shape index (κ3) is 3.78. The first-order chi connectivity index (χ1) is 13.6. The van der Waals surface area contributed by atoms with Crippen LogP contribution in [0.1, 0.15) is 15.9 Å². The number of fused-ring (bicyclic) bond motifs is 1. The van der Waals surface area contributed by atoms with Crippen LogP contribution in [0.15, 0.2) is 47.3 Å².